The van der Waals surface area contributed by atoms with Crippen molar-refractivity contribution in [3.8, 4) is 17.1 Å². The van der Waals surface area contributed by atoms with Crippen LogP contribution in [0.25, 0.3) is 22.0 Å². The van der Waals surface area contributed by atoms with Gasteiger partial charge in [-0.1, -0.05) is 30.3 Å². The molecule has 1 heterocycles. The summed E-state index contributed by atoms with van der Waals surface area (Å²) in [6.45, 7) is 0.172. The van der Waals surface area contributed by atoms with E-state index in [0.717, 1.165) is 27.6 Å². The highest BCUT2D eigenvalue weighted by Gasteiger charge is 2.03. The fourth-order valence-corrected chi connectivity index (χ4v) is 2.32. The molecule has 3 aromatic rings. The highest BCUT2D eigenvalue weighted by Crippen LogP contribution is 2.24. The molecule has 4 heteroatoms. The molecule has 106 valence electrons. The Morgan fingerprint density at radius 1 is 0.952 bits per heavy atom. The summed E-state index contributed by atoms with van der Waals surface area (Å²) in [5.41, 5.74) is 2.98. The molecule has 0 bridgehead atoms. The summed E-state index contributed by atoms with van der Waals surface area (Å²) in [5, 5.41) is 19.5. The van der Waals surface area contributed by atoms with Crippen LogP contribution in [0.5, 0.6) is 5.88 Å². The molecular formula is C17H16N2O2. The van der Waals surface area contributed by atoms with E-state index in [0.29, 0.717) is 12.3 Å². The fourth-order valence-electron chi connectivity index (χ4n) is 2.32. The maximum Gasteiger partial charge on any atom is 0.233 e. The number of hydrogen-bond donors (Lipinski definition) is 1. The smallest absolute Gasteiger partial charge is 0.233 e. The Hall–Kier alpha value is -2.46. The highest BCUT2D eigenvalue weighted by atomic mass is 16.5. The number of fused-ring (bicyclic) bond motifs is 1. The molecule has 0 atom stereocenters. The zero-order valence-corrected chi connectivity index (χ0v) is 11.8. The molecular weight excluding hydrogens is 264 g/mol. The van der Waals surface area contributed by atoms with Crippen molar-refractivity contribution in [2.24, 2.45) is 0 Å². The number of aliphatic hydroxyl groups is 1. The third-order valence-electron chi connectivity index (χ3n) is 3.45. The van der Waals surface area contributed by atoms with Gasteiger partial charge in [0.2, 0.25) is 5.88 Å². The molecule has 0 saturated heterocycles. The van der Waals surface area contributed by atoms with Crippen molar-refractivity contribution in [1.82, 2.24) is 10.2 Å². The van der Waals surface area contributed by atoms with Gasteiger partial charge >= 0.3 is 0 Å². The summed E-state index contributed by atoms with van der Waals surface area (Å²) < 4.78 is 5.02. The van der Waals surface area contributed by atoms with Gasteiger partial charge in [0.25, 0.3) is 0 Å². The second-order valence-corrected chi connectivity index (χ2v) is 4.83. The van der Waals surface area contributed by atoms with E-state index < -0.39 is 0 Å². The molecule has 0 saturated carbocycles. The largest absolute Gasteiger partial charge is 0.480 e. The molecule has 0 aliphatic rings. The van der Waals surface area contributed by atoms with Crippen molar-refractivity contribution in [3.05, 3.63) is 54.1 Å². The van der Waals surface area contributed by atoms with E-state index in [2.05, 4.69) is 34.5 Å². The van der Waals surface area contributed by atoms with Crippen molar-refractivity contribution in [1.29, 1.82) is 0 Å². The molecule has 1 N–H and O–H groups in total. The quantitative estimate of drug-likeness (QED) is 0.798. The SMILES string of the molecule is COc1ccc(-c2ccc3cc(CCO)ccc3c2)nn1. The molecule has 0 amide bonds. The van der Waals surface area contributed by atoms with Crippen molar-refractivity contribution in [3.63, 3.8) is 0 Å². The Labute approximate surface area is 123 Å². The maximum atomic E-state index is 9.00. The van der Waals surface area contributed by atoms with Crippen molar-refractivity contribution < 1.29 is 9.84 Å². The van der Waals surface area contributed by atoms with Gasteiger partial charge in [0, 0.05) is 18.2 Å². The minimum Gasteiger partial charge on any atom is -0.480 e. The number of hydrogen-bond acceptors (Lipinski definition) is 4. The average molecular weight is 280 g/mol. The number of nitrogens with zero attached hydrogens (tertiary/aromatic N) is 2. The highest BCUT2D eigenvalue weighted by molar-refractivity contribution is 5.87. The average Bonchev–Trinajstić information content (AvgIpc) is 2.55. The van der Waals surface area contributed by atoms with Crippen LogP contribution < -0.4 is 4.74 Å². The molecule has 21 heavy (non-hydrogen) atoms. The predicted octanol–water partition coefficient (Wildman–Crippen LogP) is 2.84. The van der Waals surface area contributed by atoms with Crippen LogP contribution in [0.3, 0.4) is 0 Å². The Balaban J connectivity index is 1.98. The van der Waals surface area contributed by atoms with Gasteiger partial charge in [0.05, 0.1) is 12.8 Å². The fraction of sp³-hybridized carbons (Fsp3) is 0.176. The first-order valence-corrected chi connectivity index (χ1v) is 6.82. The van der Waals surface area contributed by atoms with Crippen molar-refractivity contribution in [2.75, 3.05) is 13.7 Å². The molecule has 4 nitrogen and oxygen atoms in total. The maximum absolute atomic E-state index is 9.00. The lowest BCUT2D eigenvalue weighted by atomic mass is 10.0. The van der Waals surface area contributed by atoms with Gasteiger partial charge in [-0.05, 0) is 34.9 Å². The van der Waals surface area contributed by atoms with Crippen LogP contribution in [0.15, 0.2) is 48.5 Å². The number of ether oxygens (including phenoxy) is 1. The van der Waals surface area contributed by atoms with Gasteiger partial charge in [0.15, 0.2) is 0 Å². The third-order valence-corrected chi connectivity index (χ3v) is 3.45. The van der Waals surface area contributed by atoms with Gasteiger partial charge in [0.1, 0.15) is 0 Å². The van der Waals surface area contributed by atoms with Crippen LogP contribution in [0.1, 0.15) is 5.56 Å². The molecule has 3 rings (SSSR count). The number of benzene rings is 2. The molecule has 0 aliphatic heterocycles. The van der Waals surface area contributed by atoms with E-state index in [-0.39, 0.29) is 6.61 Å². The topological polar surface area (TPSA) is 55.2 Å². The van der Waals surface area contributed by atoms with Crippen LogP contribution in [0, 0.1) is 0 Å². The second kappa shape index (κ2) is 5.89. The molecule has 1 aromatic heterocycles. The summed E-state index contributed by atoms with van der Waals surface area (Å²) >= 11 is 0. The van der Waals surface area contributed by atoms with Gasteiger partial charge < -0.3 is 9.84 Å². The summed E-state index contributed by atoms with van der Waals surface area (Å²) in [5.74, 6) is 0.508. The van der Waals surface area contributed by atoms with Gasteiger partial charge in [-0.25, -0.2) is 0 Å². The van der Waals surface area contributed by atoms with E-state index >= 15 is 0 Å². The van der Waals surface area contributed by atoms with Gasteiger partial charge in [-0.2, -0.15) is 0 Å². The lowest BCUT2D eigenvalue weighted by Crippen LogP contribution is -1.92. The lowest BCUT2D eigenvalue weighted by molar-refractivity contribution is 0.299. The Morgan fingerprint density at radius 3 is 2.48 bits per heavy atom. The normalized spacial score (nSPS) is 10.8. The van der Waals surface area contributed by atoms with E-state index in [1.807, 2.05) is 18.2 Å². The molecule has 0 radical (unpaired) electrons. The van der Waals surface area contributed by atoms with E-state index in [4.69, 9.17) is 9.84 Å². The van der Waals surface area contributed by atoms with Gasteiger partial charge in [-0.15, -0.1) is 10.2 Å². The minimum atomic E-state index is 0.172. The van der Waals surface area contributed by atoms with Crippen LogP contribution in [-0.4, -0.2) is 29.0 Å². The minimum absolute atomic E-state index is 0.172. The third kappa shape index (κ3) is 2.85. The van der Waals surface area contributed by atoms with Crippen molar-refractivity contribution in [2.45, 2.75) is 6.42 Å². The van der Waals surface area contributed by atoms with Crippen LogP contribution in [0.2, 0.25) is 0 Å². The van der Waals surface area contributed by atoms with Crippen LogP contribution in [0.4, 0.5) is 0 Å². The molecule has 0 fully saturated rings. The second-order valence-electron chi connectivity index (χ2n) is 4.83. The zero-order valence-electron chi connectivity index (χ0n) is 11.8. The monoisotopic (exact) mass is 280 g/mol. The Bertz CT molecular complexity index is 754. The van der Waals surface area contributed by atoms with E-state index in [1.54, 1.807) is 13.2 Å². The summed E-state index contributed by atoms with van der Waals surface area (Å²) in [7, 11) is 1.57. The first kappa shape index (κ1) is 13.5. The lowest BCUT2D eigenvalue weighted by Gasteiger charge is -2.05. The number of rotatable bonds is 4. The zero-order chi connectivity index (χ0) is 14.7. The Kier molecular flexibility index (Phi) is 3.79. The molecule has 2 aromatic carbocycles. The first-order chi connectivity index (χ1) is 10.3. The summed E-state index contributed by atoms with van der Waals surface area (Å²) in [6, 6.07) is 16.1. The summed E-state index contributed by atoms with van der Waals surface area (Å²) in [4.78, 5) is 0. The van der Waals surface area contributed by atoms with Gasteiger partial charge in [-0.3, -0.25) is 0 Å². The number of aromatic nitrogens is 2. The first-order valence-electron chi connectivity index (χ1n) is 6.82. The molecule has 0 unspecified atom stereocenters. The van der Waals surface area contributed by atoms with Crippen molar-refractivity contribution >= 4 is 10.8 Å². The standard InChI is InChI=1S/C17H16N2O2/c1-21-17-7-6-16(18-19-17)15-5-4-13-10-12(8-9-20)2-3-14(13)11-15/h2-7,10-11,20H,8-9H2,1H3. The number of methoxy groups -OCH3 is 1. The molecule has 0 spiro atoms. The summed E-state index contributed by atoms with van der Waals surface area (Å²) in [6.07, 6.45) is 0.682. The predicted molar refractivity (Wildman–Crippen MR) is 82.3 cm³/mol. The molecule has 0 aliphatic carbocycles. The van der Waals surface area contributed by atoms with E-state index in [1.165, 1.54) is 0 Å². The Morgan fingerprint density at radius 2 is 1.76 bits per heavy atom. The van der Waals surface area contributed by atoms with Crippen LogP contribution >= 0.6 is 0 Å². The van der Waals surface area contributed by atoms with Crippen LogP contribution in [-0.2, 0) is 6.42 Å². The van der Waals surface area contributed by atoms with E-state index in [9.17, 15) is 0 Å². The number of aliphatic hydroxyl groups excluding tert-OH is 1.